The van der Waals surface area contributed by atoms with Crippen LogP contribution < -0.4 is 21.5 Å². The fourth-order valence-electron chi connectivity index (χ4n) is 1.66. The van der Waals surface area contributed by atoms with Crippen LogP contribution in [0.4, 0.5) is 11.6 Å². The average Bonchev–Trinajstić information content (AvgIpc) is 2.44. The van der Waals surface area contributed by atoms with E-state index in [1.807, 2.05) is 11.8 Å². The zero-order valence-corrected chi connectivity index (χ0v) is 11.7. The number of hydrogen-bond acceptors (Lipinski definition) is 6. The second-order valence-electron chi connectivity index (χ2n) is 4.11. The molecule has 106 valence electrons. The largest absolute Gasteiger partial charge is 0.358 e. The number of nitrogen functional groups attached to an aromatic ring is 1. The number of nitrogens with two attached hydrogens (primary N) is 1. The monoisotopic (exact) mass is 266 g/mol. The normalized spacial score (nSPS) is 10.1. The molecule has 4 N–H and O–H groups in total. The Morgan fingerprint density at radius 2 is 2.16 bits per heavy atom. The molecule has 0 aliphatic rings. The highest BCUT2D eigenvalue weighted by atomic mass is 16.1. The molecule has 0 fully saturated rings. The lowest BCUT2D eigenvalue weighted by atomic mass is 10.3. The minimum Gasteiger partial charge on any atom is -0.358 e. The summed E-state index contributed by atoms with van der Waals surface area (Å²) in [6, 6.07) is 1.74. The number of aromatic nitrogens is 2. The summed E-state index contributed by atoms with van der Waals surface area (Å²) in [7, 11) is 1.62. The highest BCUT2D eigenvalue weighted by molar-refractivity contribution is 5.80. The molecule has 0 spiro atoms. The Labute approximate surface area is 113 Å². The van der Waals surface area contributed by atoms with E-state index in [1.165, 1.54) is 0 Å². The maximum Gasteiger partial charge on any atom is 0.239 e. The molecule has 7 heteroatoms. The molecule has 19 heavy (non-hydrogen) atoms. The molecular weight excluding hydrogens is 244 g/mol. The van der Waals surface area contributed by atoms with Crippen molar-refractivity contribution in [3.63, 3.8) is 0 Å². The second kappa shape index (κ2) is 7.52. The Balaban J connectivity index is 3.00. The van der Waals surface area contributed by atoms with Crippen LogP contribution in [0, 0.1) is 0 Å². The summed E-state index contributed by atoms with van der Waals surface area (Å²) in [6.45, 7) is 4.98. The fraction of sp³-hybridized carbons (Fsp3) is 0.583. The number of amides is 1. The summed E-state index contributed by atoms with van der Waals surface area (Å²) in [4.78, 5) is 22.1. The van der Waals surface area contributed by atoms with Crippen molar-refractivity contribution in [3.05, 3.63) is 11.9 Å². The zero-order chi connectivity index (χ0) is 14.3. The van der Waals surface area contributed by atoms with Gasteiger partial charge in [-0.25, -0.2) is 15.8 Å². The average molecular weight is 266 g/mol. The van der Waals surface area contributed by atoms with Gasteiger partial charge in [0.15, 0.2) is 0 Å². The molecule has 0 atom stereocenters. The molecule has 0 saturated carbocycles. The number of rotatable bonds is 7. The third-order valence-corrected chi connectivity index (χ3v) is 2.70. The summed E-state index contributed by atoms with van der Waals surface area (Å²) in [5, 5.41) is 2.60. The molecule has 0 radical (unpaired) electrons. The van der Waals surface area contributed by atoms with Crippen LogP contribution in [0.1, 0.15) is 26.1 Å². The van der Waals surface area contributed by atoms with E-state index >= 15 is 0 Å². The SMILES string of the molecule is CCCc1nc(NN)cc(N(CC)CC(=O)NC)n1. The Kier molecular flexibility index (Phi) is 6.01. The predicted octanol–water partition coefficient (Wildman–Crippen LogP) is 0.287. The van der Waals surface area contributed by atoms with E-state index in [1.54, 1.807) is 13.1 Å². The minimum absolute atomic E-state index is 0.0558. The van der Waals surface area contributed by atoms with Crippen LogP contribution in [-0.4, -0.2) is 36.0 Å². The number of hydrogen-bond donors (Lipinski definition) is 3. The van der Waals surface area contributed by atoms with Crippen molar-refractivity contribution in [3.8, 4) is 0 Å². The lowest BCUT2D eigenvalue weighted by Gasteiger charge is -2.21. The van der Waals surface area contributed by atoms with Crippen LogP contribution in [0.5, 0.6) is 0 Å². The molecule has 1 rings (SSSR count). The van der Waals surface area contributed by atoms with E-state index < -0.39 is 0 Å². The van der Waals surface area contributed by atoms with Gasteiger partial charge in [0.1, 0.15) is 17.5 Å². The number of nitrogens with zero attached hydrogens (tertiary/aromatic N) is 3. The van der Waals surface area contributed by atoms with Crippen molar-refractivity contribution in [1.82, 2.24) is 15.3 Å². The molecule has 0 saturated heterocycles. The van der Waals surface area contributed by atoms with Crippen molar-refractivity contribution in [2.75, 3.05) is 30.5 Å². The lowest BCUT2D eigenvalue weighted by molar-refractivity contribution is -0.119. The Morgan fingerprint density at radius 3 is 2.68 bits per heavy atom. The number of carbonyl (C=O) groups excluding carboxylic acids is 1. The van der Waals surface area contributed by atoms with Gasteiger partial charge in [-0.05, 0) is 13.3 Å². The number of hydrazine groups is 1. The van der Waals surface area contributed by atoms with Crippen LogP contribution >= 0.6 is 0 Å². The molecule has 1 aromatic heterocycles. The van der Waals surface area contributed by atoms with Crippen LogP contribution in [0.3, 0.4) is 0 Å². The topological polar surface area (TPSA) is 96.2 Å². The Morgan fingerprint density at radius 1 is 1.42 bits per heavy atom. The van der Waals surface area contributed by atoms with Gasteiger partial charge in [0.05, 0.1) is 6.54 Å². The van der Waals surface area contributed by atoms with Crippen LogP contribution in [-0.2, 0) is 11.2 Å². The molecule has 7 nitrogen and oxygen atoms in total. The highest BCUT2D eigenvalue weighted by Gasteiger charge is 2.12. The van der Waals surface area contributed by atoms with E-state index in [-0.39, 0.29) is 12.5 Å². The first-order chi connectivity index (χ1) is 9.14. The van der Waals surface area contributed by atoms with E-state index in [9.17, 15) is 4.79 Å². The molecule has 1 aromatic rings. The minimum atomic E-state index is -0.0558. The van der Waals surface area contributed by atoms with Gasteiger partial charge in [-0.2, -0.15) is 0 Å². The molecular formula is C12H22N6O. The third kappa shape index (κ3) is 4.36. The first-order valence-corrected chi connectivity index (χ1v) is 6.44. The predicted molar refractivity (Wildman–Crippen MR) is 75.8 cm³/mol. The van der Waals surface area contributed by atoms with Gasteiger partial charge in [0.25, 0.3) is 0 Å². The molecule has 0 bridgehead atoms. The standard InChI is InChI=1S/C12H22N6O/c1-4-6-9-15-10(17-13)7-11(16-9)18(5-2)8-12(19)14-3/h7H,4-6,8,13H2,1-3H3,(H,14,19)(H,15,16,17). The van der Waals surface area contributed by atoms with Crippen molar-refractivity contribution in [1.29, 1.82) is 0 Å². The molecule has 0 aliphatic carbocycles. The first-order valence-electron chi connectivity index (χ1n) is 6.44. The van der Waals surface area contributed by atoms with Gasteiger partial charge >= 0.3 is 0 Å². The van der Waals surface area contributed by atoms with E-state index in [0.717, 1.165) is 18.7 Å². The summed E-state index contributed by atoms with van der Waals surface area (Å²) < 4.78 is 0. The third-order valence-electron chi connectivity index (χ3n) is 2.70. The van der Waals surface area contributed by atoms with Gasteiger partial charge < -0.3 is 15.6 Å². The summed E-state index contributed by atoms with van der Waals surface area (Å²) in [6.07, 6.45) is 1.73. The van der Waals surface area contributed by atoms with Gasteiger partial charge in [0.2, 0.25) is 5.91 Å². The quantitative estimate of drug-likeness (QED) is 0.485. The Hall–Kier alpha value is -1.89. The smallest absolute Gasteiger partial charge is 0.239 e. The van der Waals surface area contributed by atoms with Crippen molar-refractivity contribution in [2.24, 2.45) is 5.84 Å². The molecule has 0 aliphatic heterocycles. The lowest BCUT2D eigenvalue weighted by Crippen LogP contribution is -2.36. The zero-order valence-electron chi connectivity index (χ0n) is 11.7. The summed E-state index contributed by atoms with van der Waals surface area (Å²) in [5.41, 5.74) is 2.53. The highest BCUT2D eigenvalue weighted by Crippen LogP contribution is 2.16. The maximum absolute atomic E-state index is 11.5. The van der Waals surface area contributed by atoms with E-state index in [4.69, 9.17) is 5.84 Å². The number of aryl methyl sites for hydroxylation is 1. The fourth-order valence-corrected chi connectivity index (χ4v) is 1.66. The van der Waals surface area contributed by atoms with Gasteiger partial charge in [-0.15, -0.1) is 0 Å². The number of anilines is 2. The molecule has 0 unspecified atom stereocenters. The van der Waals surface area contributed by atoms with E-state index in [2.05, 4.69) is 27.6 Å². The van der Waals surface area contributed by atoms with Crippen molar-refractivity contribution in [2.45, 2.75) is 26.7 Å². The summed E-state index contributed by atoms with van der Waals surface area (Å²) in [5.74, 6) is 7.35. The summed E-state index contributed by atoms with van der Waals surface area (Å²) >= 11 is 0. The van der Waals surface area contributed by atoms with Crippen LogP contribution in [0.15, 0.2) is 6.07 Å². The van der Waals surface area contributed by atoms with Crippen LogP contribution in [0.25, 0.3) is 0 Å². The van der Waals surface area contributed by atoms with Gasteiger partial charge in [-0.1, -0.05) is 6.92 Å². The van der Waals surface area contributed by atoms with Crippen molar-refractivity contribution < 1.29 is 4.79 Å². The van der Waals surface area contributed by atoms with Crippen LogP contribution in [0.2, 0.25) is 0 Å². The van der Waals surface area contributed by atoms with Gasteiger partial charge in [0, 0.05) is 26.1 Å². The molecule has 1 heterocycles. The Bertz CT molecular complexity index is 423. The second-order valence-corrected chi connectivity index (χ2v) is 4.11. The number of nitrogens with one attached hydrogen (secondary N) is 2. The van der Waals surface area contributed by atoms with E-state index in [0.29, 0.717) is 18.2 Å². The number of carbonyl (C=O) groups is 1. The molecule has 1 amide bonds. The van der Waals surface area contributed by atoms with Gasteiger partial charge in [-0.3, -0.25) is 4.79 Å². The van der Waals surface area contributed by atoms with Crippen molar-refractivity contribution >= 4 is 17.5 Å². The first kappa shape index (κ1) is 15.2. The molecule has 0 aromatic carbocycles. The number of likely N-dealkylation sites (N-methyl/N-ethyl adjacent to an activating group) is 2. The maximum atomic E-state index is 11.5.